The summed E-state index contributed by atoms with van der Waals surface area (Å²) in [7, 11) is 1.46. The molecule has 1 unspecified atom stereocenters. The van der Waals surface area contributed by atoms with E-state index in [9.17, 15) is 19.2 Å². The number of hydrogen-bond acceptors (Lipinski definition) is 7. The van der Waals surface area contributed by atoms with E-state index in [4.69, 9.17) is 10.5 Å². The largest absolute Gasteiger partial charge is 0.494 e. The summed E-state index contributed by atoms with van der Waals surface area (Å²) in [4.78, 5) is 56.7. The topological polar surface area (TPSA) is 166 Å². The summed E-state index contributed by atoms with van der Waals surface area (Å²) in [5.41, 5.74) is 8.64. The molecule has 1 atom stereocenters. The molecule has 13 heteroatoms. The van der Waals surface area contributed by atoms with Crippen LogP contribution in [0.5, 0.6) is 5.75 Å². The maximum absolute atomic E-state index is 13.3. The second-order valence-corrected chi connectivity index (χ2v) is 9.97. The number of nitrogens with two attached hydrogens (primary N) is 1. The Hall–Kier alpha value is -5.20. The normalized spacial score (nSPS) is 14.8. The first-order chi connectivity index (χ1) is 20.2. The highest BCUT2D eigenvalue weighted by Gasteiger charge is 2.37. The first kappa shape index (κ1) is 28.3. The van der Waals surface area contributed by atoms with Crippen molar-refractivity contribution in [3.05, 3.63) is 71.0 Å². The van der Waals surface area contributed by atoms with Crippen LogP contribution in [-0.2, 0) is 24.3 Å². The van der Waals surface area contributed by atoms with E-state index in [1.54, 1.807) is 22.2 Å². The average Bonchev–Trinajstić information content (AvgIpc) is 3.61. The zero-order chi connectivity index (χ0) is 30.0. The molecular formula is C29H32N8O5. The number of rotatable bonds is 11. The van der Waals surface area contributed by atoms with Gasteiger partial charge in [0.05, 0.1) is 18.3 Å². The highest BCUT2D eigenvalue weighted by atomic mass is 16.5. The molecule has 5 rings (SSSR count). The van der Waals surface area contributed by atoms with Crippen molar-refractivity contribution in [2.24, 2.45) is 5.73 Å². The molecule has 13 nitrogen and oxygen atoms in total. The van der Waals surface area contributed by atoms with Crippen molar-refractivity contribution in [1.29, 1.82) is 0 Å². The fourth-order valence-electron chi connectivity index (χ4n) is 5.14. The fourth-order valence-corrected chi connectivity index (χ4v) is 5.14. The quantitative estimate of drug-likeness (QED) is 0.232. The minimum absolute atomic E-state index is 0.145. The van der Waals surface area contributed by atoms with Gasteiger partial charge in [0.2, 0.25) is 11.9 Å². The third-order valence-corrected chi connectivity index (χ3v) is 7.12. The number of carbonyl (C=O) groups is 4. The van der Waals surface area contributed by atoms with Crippen molar-refractivity contribution in [1.82, 2.24) is 29.5 Å². The molecule has 3 heterocycles. The number of anilines is 1. The number of imidazole rings is 1. The Bertz CT molecular complexity index is 1680. The van der Waals surface area contributed by atoms with E-state index in [0.717, 1.165) is 5.56 Å². The summed E-state index contributed by atoms with van der Waals surface area (Å²) in [6, 6.07) is 13.1. The van der Waals surface area contributed by atoms with Crippen LogP contribution in [0.25, 0.3) is 11.0 Å². The second kappa shape index (κ2) is 11.7. The Kier molecular flexibility index (Phi) is 7.91. The lowest BCUT2D eigenvalue weighted by Gasteiger charge is -2.16. The number of nitrogens with zero attached hydrogens (tertiary/aromatic N) is 5. The number of nitrogens with one attached hydrogen (secondary N) is 2. The molecule has 1 fully saturated rings. The Morgan fingerprint density at radius 2 is 1.88 bits per heavy atom. The SMILES string of the molecule is CCn1nc(C)cc1C(=O)Nc1nc2cc(C(N)=O)cc(OC)c2n1CCCN1C(=O)NC(Cc2ccccc2)C1=O. The molecule has 0 spiro atoms. The first-order valence-electron chi connectivity index (χ1n) is 13.6. The van der Waals surface area contributed by atoms with Crippen LogP contribution >= 0.6 is 0 Å². The van der Waals surface area contributed by atoms with E-state index in [0.29, 0.717) is 47.6 Å². The minimum Gasteiger partial charge on any atom is -0.494 e. The van der Waals surface area contributed by atoms with Gasteiger partial charge < -0.3 is 20.4 Å². The average molecular weight is 573 g/mol. The van der Waals surface area contributed by atoms with Crippen LogP contribution in [0.4, 0.5) is 10.7 Å². The summed E-state index contributed by atoms with van der Waals surface area (Å²) >= 11 is 0. The first-order valence-corrected chi connectivity index (χ1v) is 13.6. The van der Waals surface area contributed by atoms with E-state index in [1.165, 1.54) is 24.1 Å². The van der Waals surface area contributed by atoms with Gasteiger partial charge in [0.1, 0.15) is 23.0 Å². The number of primary amides is 1. The smallest absolute Gasteiger partial charge is 0.324 e. The van der Waals surface area contributed by atoms with E-state index < -0.39 is 23.9 Å². The third kappa shape index (κ3) is 5.53. The van der Waals surface area contributed by atoms with E-state index in [-0.39, 0.29) is 30.5 Å². The summed E-state index contributed by atoms with van der Waals surface area (Å²) in [6.07, 6.45) is 0.760. The molecule has 42 heavy (non-hydrogen) atoms. The van der Waals surface area contributed by atoms with Crippen LogP contribution in [0.2, 0.25) is 0 Å². The van der Waals surface area contributed by atoms with Gasteiger partial charge in [-0.3, -0.25) is 29.3 Å². The van der Waals surface area contributed by atoms with Crippen molar-refractivity contribution in [3.8, 4) is 5.75 Å². The van der Waals surface area contributed by atoms with Crippen molar-refractivity contribution in [2.75, 3.05) is 19.0 Å². The molecule has 1 aliphatic rings. The standard InChI is InChI=1S/C29H32N8O5/c1-4-37-22(13-17(2)34-37)26(39)33-28-31-20-15-19(25(30)38)16-23(42-3)24(20)35(28)11-8-12-36-27(40)21(32-29(36)41)14-18-9-6-5-7-10-18/h5-7,9-10,13,15-16,21H,4,8,11-12,14H2,1-3H3,(H2,30,38)(H,32,41)(H,31,33,39). The predicted octanol–water partition coefficient (Wildman–Crippen LogP) is 2.47. The molecule has 1 aliphatic heterocycles. The number of hydrogen-bond donors (Lipinski definition) is 3. The van der Waals surface area contributed by atoms with Gasteiger partial charge in [-0.1, -0.05) is 30.3 Å². The molecule has 0 bridgehead atoms. The monoisotopic (exact) mass is 572 g/mol. The number of imide groups is 1. The molecule has 0 radical (unpaired) electrons. The zero-order valence-electron chi connectivity index (χ0n) is 23.6. The van der Waals surface area contributed by atoms with Gasteiger partial charge >= 0.3 is 6.03 Å². The van der Waals surface area contributed by atoms with Crippen LogP contribution < -0.4 is 21.1 Å². The van der Waals surface area contributed by atoms with Gasteiger partial charge in [-0.15, -0.1) is 0 Å². The highest BCUT2D eigenvalue weighted by molar-refractivity contribution is 6.05. The Balaban J connectivity index is 1.40. The molecule has 218 valence electrons. The molecular weight excluding hydrogens is 540 g/mol. The third-order valence-electron chi connectivity index (χ3n) is 7.12. The van der Waals surface area contributed by atoms with Gasteiger partial charge in [0.15, 0.2) is 0 Å². The number of amides is 5. The van der Waals surface area contributed by atoms with Crippen LogP contribution in [0.1, 0.15) is 45.4 Å². The van der Waals surface area contributed by atoms with Gasteiger partial charge in [0.25, 0.3) is 11.8 Å². The molecule has 5 amide bonds. The molecule has 0 saturated carbocycles. The van der Waals surface area contributed by atoms with E-state index in [2.05, 4.69) is 20.7 Å². The fraction of sp³-hybridized carbons (Fsp3) is 0.310. The van der Waals surface area contributed by atoms with Crippen LogP contribution in [0.3, 0.4) is 0 Å². The maximum atomic E-state index is 13.3. The lowest BCUT2D eigenvalue weighted by atomic mass is 10.1. The summed E-state index contributed by atoms with van der Waals surface area (Å²) in [6.45, 7) is 4.60. The number of aryl methyl sites for hydroxylation is 3. The van der Waals surface area contributed by atoms with Gasteiger partial charge in [0, 0.05) is 31.6 Å². The van der Waals surface area contributed by atoms with Crippen LogP contribution in [0.15, 0.2) is 48.5 Å². The van der Waals surface area contributed by atoms with Gasteiger partial charge in [-0.25, -0.2) is 9.78 Å². The molecule has 1 saturated heterocycles. The molecule has 2 aromatic carbocycles. The zero-order valence-corrected chi connectivity index (χ0v) is 23.6. The Morgan fingerprint density at radius 3 is 2.57 bits per heavy atom. The van der Waals surface area contributed by atoms with E-state index in [1.807, 2.05) is 37.3 Å². The van der Waals surface area contributed by atoms with Crippen molar-refractivity contribution >= 4 is 40.7 Å². The van der Waals surface area contributed by atoms with Gasteiger partial charge in [-0.05, 0) is 44.0 Å². The molecule has 4 aromatic rings. The lowest BCUT2D eigenvalue weighted by Crippen LogP contribution is -2.33. The Morgan fingerprint density at radius 1 is 1.12 bits per heavy atom. The second-order valence-electron chi connectivity index (χ2n) is 9.97. The highest BCUT2D eigenvalue weighted by Crippen LogP contribution is 2.31. The molecule has 4 N–H and O–H groups in total. The van der Waals surface area contributed by atoms with Crippen molar-refractivity contribution in [3.63, 3.8) is 0 Å². The minimum atomic E-state index is -0.652. The van der Waals surface area contributed by atoms with E-state index >= 15 is 0 Å². The van der Waals surface area contributed by atoms with Crippen LogP contribution in [0, 0.1) is 6.92 Å². The number of methoxy groups -OCH3 is 1. The summed E-state index contributed by atoms with van der Waals surface area (Å²) in [5.74, 6) is -0.820. The lowest BCUT2D eigenvalue weighted by molar-refractivity contribution is -0.127. The van der Waals surface area contributed by atoms with Crippen LogP contribution in [-0.4, -0.2) is 67.7 Å². The Labute approximate surface area is 241 Å². The molecule has 2 aromatic heterocycles. The number of fused-ring (bicyclic) bond motifs is 1. The number of aromatic nitrogens is 4. The summed E-state index contributed by atoms with van der Waals surface area (Å²) in [5, 5.41) is 9.96. The number of urea groups is 1. The van der Waals surface area contributed by atoms with Crippen molar-refractivity contribution < 1.29 is 23.9 Å². The maximum Gasteiger partial charge on any atom is 0.324 e. The van der Waals surface area contributed by atoms with Gasteiger partial charge in [-0.2, -0.15) is 5.10 Å². The number of ether oxygens (including phenoxy) is 1. The number of carbonyl (C=O) groups excluding carboxylic acids is 4. The van der Waals surface area contributed by atoms with Crippen molar-refractivity contribution in [2.45, 2.75) is 45.8 Å². The number of benzene rings is 2. The predicted molar refractivity (Wildman–Crippen MR) is 154 cm³/mol. The molecule has 0 aliphatic carbocycles. The summed E-state index contributed by atoms with van der Waals surface area (Å²) < 4.78 is 8.88.